The summed E-state index contributed by atoms with van der Waals surface area (Å²) >= 11 is 0. The maximum atomic E-state index is 10.2. The molecule has 0 aromatic heterocycles. The molecule has 0 aromatic carbocycles. The van der Waals surface area contributed by atoms with E-state index in [0.717, 1.165) is 25.7 Å². The first-order chi connectivity index (χ1) is 5.06. The molecule has 0 amide bonds. The van der Waals surface area contributed by atoms with Gasteiger partial charge in [0.05, 0.1) is 7.78 Å². The summed E-state index contributed by atoms with van der Waals surface area (Å²) in [4.78, 5) is 0. The summed E-state index contributed by atoms with van der Waals surface area (Å²) in [6, 6.07) is 0. The molecule has 0 saturated heterocycles. The highest BCUT2D eigenvalue weighted by Crippen LogP contribution is 2.20. The lowest BCUT2D eigenvalue weighted by Crippen LogP contribution is -1.89. The van der Waals surface area contributed by atoms with Crippen LogP contribution < -0.4 is 0 Å². The summed E-state index contributed by atoms with van der Waals surface area (Å²) in [5, 5.41) is 0. The summed E-state index contributed by atoms with van der Waals surface area (Å²) in [5.74, 6) is 0. The summed E-state index contributed by atoms with van der Waals surface area (Å²) < 4.78 is 28.7. The lowest BCUT2D eigenvalue weighted by atomic mass is 10.2. The van der Waals surface area contributed by atoms with E-state index < -0.39 is 9.74 Å². The molecule has 11 heavy (non-hydrogen) atoms. The van der Waals surface area contributed by atoms with Gasteiger partial charge in [-0.05, 0) is 12.6 Å². The van der Waals surface area contributed by atoms with E-state index in [9.17, 15) is 8.42 Å². The predicted octanol–water partition coefficient (Wildman–Crippen LogP) is 2.32. The third-order valence-corrected chi connectivity index (χ3v) is 3.62. The highest BCUT2D eigenvalue weighted by molar-refractivity contribution is 8.40. The second-order valence-electron chi connectivity index (χ2n) is 2.36. The van der Waals surface area contributed by atoms with Crippen LogP contribution in [-0.4, -0.2) is 19.1 Å². The van der Waals surface area contributed by atoms with Gasteiger partial charge < -0.3 is 0 Å². The van der Waals surface area contributed by atoms with Crippen molar-refractivity contribution in [2.24, 2.45) is 0 Å². The average molecular weight is 197 g/mol. The smallest absolute Gasteiger partial charge is 0.282 e. The molecule has 3 nitrogen and oxygen atoms in total. The Balaban J connectivity index is 3.16. The predicted molar refractivity (Wildman–Crippen MR) is 47.5 cm³/mol. The molecule has 1 N–H and O–H groups in total. The second-order valence-corrected chi connectivity index (χ2v) is 6.12. The molecule has 67 valence electrons. The maximum Gasteiger partial charge on any atom is 0.286 e. The Hall–Kier alpha value is 0.340. The highest BCUT2D eigenvalue weighted by atomic mass is 32.8. The van der Waals surface area contributed by atoms with Gasteiger partial charge in [-0.1, -0.05) is 26.2 Å². The first kappa shape index (κ1) is 11.3. The molecule has 0 bridgehead atoms. The highest BCUT2D eigenvalue weighted by Gasteiger charge is 2.03. The van der Waals surface area contributed by atoms with Crippen LogP contribution in [0.3, 0.4) is 0 Å². The second kappa shape index (κ2) is 5.92. The molecule has 0 heterocycles. The van der Waals surface area contributed by atoms with Gasteiger partial charge in [-0.3, -0.25) is 4.55 Å². The molecule has 0 rings (SSSR count). The summed E-state index contributed by atoms with van der Waals surface area (Å²) in [6.07, 6.45) is 4.77. The molecule has 0 aliphatic carbocycles. The molecule has 0 fully saturated rings. The lowest BCUT2D eigenvalue weighted by molar-refractivity contribution is 0.502. The van der Waals surface area contributed by atoms with Crippen molar-refractivity contribution in [2.45, 2.75) is 32.6 Å². The maximum absolute atomic E-state index is 10.2. The minimum absolute atomic E-state index is 0.146. The Morgan fingerprint density at radius 3 is 2.36 bits per heavy atom. The molecule has 0 spiro atoms. The van der Waals surface area contributed by atoms with Gasteiger partial charge in [0.1, 0.15) is 0 Å². The Morgan fingerprint density at radius 1 is 1.27 bits per heavy atom. The molecule has 0 atom stereocenters. The Morgan fingerprint density at radius 2 is 1.91 bits per heavy atom. The van der Waals surface area contributed by atoms with Gasteiger partial charge >= 0.3 is 0 Å². The van der Waals surface area contributed by atoms with E-state index in [1.807, 2.05) is 0 Å². The van der Waals surface area contributed by atoms with Crippen molar-refractivity contribution in [2.75, 3.05) is 6.16 Å². The van der Waals surface area contributed by atoms with Crippen molar-refractivity contribution in [3.8, 4) is 0 Å². The summed E-state index contributed by atoms with van der Waals surface area (Å²) in [6.45, 7) is 2.10. The molecular weight excluding hydrogens is 183 g/mol. The lowest BCUT2D eigenvalue weighted by Gasteiger charge is -1.95. The average Bonchev–Trinajstić information content (AvgIpc) is 1.85. The van der Waals surface area contributed by atoms with Gasteiger partial charge in [-0.2, -0.15) is 8.42 Å². The zero-order chi connectivity index (χ0) is 8.74. The largest absolute Gasteiger partial charge is 0.286 e. The monoisotopic (exact) mass is 197 g/mol. The quantitative estimate of drug-likeness (QED) is 0.404. The van der Waals surface area contributed by atoms with Crippen LogP contribution in [0.1, 0.15) is 32.6 Å². The minimum Gasteiger partial charge on any atom is -0.282 e. The Kier molecular flexibility index (Phi) is 6.11. The molecule has 0 aliphatic rings. The molecule has 5 heteroatoms. The van der Waals surface area contributed by atoms with Gasteiger partial charge in [-0.25, -0.2) is 0 Å². The van der Waals surface area contributed by atoms with E-state index >= 15 is 0 Å². The van der Waals surface area contributed by atoms with Crippen molar-refractivity contribution in [3.05, 3.63) is 0 Å². The van der Waals surface area contributed by atoms with Crippen molar-refractivity contribution in [1.82, 2.24) is 0 Å². The van der Waals surface area contributed by atoms with Crippen molar-refractivity contribution >= 4 is 17.5 Å². The van der Waals surface area contributed by atoms with Crippen LogP contribution in [0.25, 0.3) is 0 Å². The fourth-order valence-corrected chi connectivity index (χ4v) is 2.38. The third kappa shape index (κ3) is 10.3. The van der Waals surface area contributed by atoms with Crippen LogP contribution in [0, 0.1) is 0 Å². The molecule has 0 unspecified atom stereocenters. The molecule has 0 saturated carbocycles. The molecule has 0 aromatic rings. The van der Waals surface area contributed by atoms with Gasteiger partial charge in [0, 0.05) is 0 Å². The number of hydrogen-bond donors (Lipinski definition) is 1. The Bertz CT molecular complexity index is 176. The fraction of sp³-hybridized carbons (Fsp3) is 1.00. The van der Waals surface area contributed by atoms with Crippen LogP contribution in [0.5, 0.6) is 0 Å². The normalized spacial score (nSPS) is 12.9. The number of unbranched alkanes of at least 4 members (excludes halogenated alkanes) is 3. The van der Waals surface area contributed by atoms with E-state index in [4.69, 9.17) is 4.55 Å². The summed E-state index contributed by atoms with van der Waals surface area (Å²) in [5.41, 5.74) is 0. The van der Waals surface area contributed by atoms with Crippen LogP contribution in [-0.2, 0) is 9.74 Å². The van der Waals surface area contributed by atoms with Crippen molar-refractivity contribution < 1.29 is 13.0 Å². The van der Waals surface area contributed by atoms with Crippen molar-refractivity contribution in [3.63, 3.8) is 0 Å². The van der Waals surface area contributed by atoms with E-state index in [1.165, 1.54) is 0 Å². The molecule has 0 aliphatic heterocycles. The minimum atomic E-state index is -3.74. The van der Waals surface area contributed by atoms with Gasteiger partial charge in [0.25, 0.3) is 9.74 Å². The molecular formula is C6H14O3PS. The first-order valence-corrected chi connectivity index (χ1v) is 6.85. The van der Waals surface area contributed by atoms with Crippen LogP contribution >= 0.6 is 7.78 Å². The van der Waals surface area contributed by atoms with Crippen LogP contribution in [0.2, 0.25) is 0 Å². The van der Waals surface area contributed by atoms with E-state index in [0.29, 0.717) is 6.16 Å². The topological polar surface area (TPSA) is 54.4 Å². The van der Waals surface area contributed by atoms with Gasteiger partial charge in [-0.15, -0.1) is 0 Å². The Labute approximate surface area is 69.9 Å². The van der Waals surface area contributed by atoms with Gasteiger partial charge in [0.15, 0.2) is 0 Å². The first-order valence-electron chi connectivity index (χ1n) is 3.72. The van der Waals surface area contributed by atoms with E-state index in [2.05, 4.69) is 6.92 Å². The van der Waals surface area contributed by atoms with Crippen LogP contribution in [0.15, 0.2) is 0 Å². The zero-order valence-corrected chi connectivity index (χ0v) is 8.37. The van der Waals surface area contributed by atoms with E-state index in [-0.39, 0.29) is 7.78 Å². The number of rotatable bonds is 6. The zero-order valence-electron chi connectivity index (χ0n) is 6.65. The van der Waals surface area contributed by atoms with Crippen LogP contribution in [0.4, 0.5) is 0 Å². The van der Waals surface area contributed by atoms with Gasteiger partial charge in [0.2, 0.25) is 0 Å². The number of hydrogen-bond acceptors (Lipinski definition) is 2. The summed E-state index contributed by atoms with van der Waals surface area (Å²) in [7, 11) is -3.59. The van der Waals surface area contributed by atoms with E-state index in [1.54, 1.807) is 0 Å². The SMILES string of the molecule is CCCCCC[P]S(=O)(=O)O. The molecule has 1 radical (unpaired) electrons. The van der Waals surface area contributed by atoms with Crippen molar-refractivity contribution in [1.29, 1.82) is 0 Å². The fourth-order valence-electron chi connectivity index (χ4n) is 0.718. The third-order valence-electron chi connectivity index (χ3n) is 1.27. The standard InChI is InChI=1S/C6H14O3PS/c1-2-3-4-5-6-10-11(7,8)9/h2-6H2,1H3,(H,7,8,9).